The van der Waals surface area contributed by atoms with Gasteiger partial charge in [-0.1, -0.05) is 30.3 Å². The Balaban J connectivity index is 1.28. The molecule has 3 aromatic rings. The molecule has 10 nitrogen and oxygen atoms in total. The first-order valence-corrected chi connectivity index (χ1v) is 12.8. The van der Waals surface area contributed by atoms with Crippen LogP contribution in [0.25, 0.3) is 11.0 Å². The number of piperidine rings is 1. The minimum absolute atomic E-state index is 0.243. The highest BCUT2D eigenvalue weighted by Gasteiger charge is 2.24. The van der Waals surface area contributed by atoms with Gasteiger partial charge < -0.3 is 25.4 Å². The number of hydrogen-bond donors (Lipinski definition) is 3. The molecule has 1 aromatic heterocycles. The molecule has 0 spiro atoms. The van der Waals surface area contributed by atoms with Crippen LogP contribution < -0.4 is 21.1 Å². The standard InChI is InChI=1S/C27H35N5O5/c1-3-31-22-9-5-6-10-23(22)32(27(31)36)25(33)28-16-20-12-14-30(15-13-20)17-21(29-26(34)35)18-37-24-11-7-4-8-19(24)2/h4-11,20-21,29H,3,12-18H2,1-2H3,(H,28,33)(H,34,35). The van der Waals surface area contributed by atoms with Gasteiger partial charge in [-0.15, -0.1) is 0 Å². The molecule has 3 N–H and O–H groups in total. The Morgan fingerprint density at radius 2 is 1.76 bits per heavy atom. The van der Waals surface area contributed by atoms with Gasteiger partial charge in [-0.05, 0) is 69.5 Å². The fraction of sp³-hybridized carbons (Fsp3) is 0.444. The Labute approximate surface area is 215 Å². The van der Waals surface area contributed by atoms with Crippen molar-refractivity contribution in [2.24, 2.45) is 5.92 Å². The van der Waals surface area contributed by atoms with Gasteiger partial charge in [0.2, 0.25) is 0 Å². The van der Waals surface area contributed by atoms with Crippen molar-refractivity contribution in [3.05, 3.63) is 64.6 Å². The number of hydrogen-bond acceptors (Lipinski definition) is 5. The lowest BCUT2D eigenvalue weighted by molar-refractivity contribution is 0.138. The third-order valence-electron chi connectivity index (χ3n) is 6.94. The maximum atomic E-state index is 12.9. The zero-order valence-corrected chi connectivity index (χ0v) is 21.4. The van der Waals surface area contributed by atoms with Crippen LogP contribution >= 0.6 is 0 Å². The van der Waals surface area contributed by atoms with Gasteiger partial charge in [0, 0.05) is 19.6 Å². The first kappa shape index (κ1) is 26.3. The summed E-state index contributed by atoms with van der Waals surface area (Å²) in [7, 11) is 0. The van der Waals surface area contributed by atoms with Crippen LogP contribution in [-0.2, 0) is 6.54 Å². The van der Waals surface area contributed by atoms with E-state index in [9.17, 15) is 19.5 Å². The number of carboxylic acid groups (broad SMARTS) is 1. The van der Waals surface area contributed by atoms with Gasteiger partial charge in [0.05, 0.1) is 17.1 Å². The SMILES string of the molecule is CCn1c(=O)n(C(=O)NCC2CCN(CC(COc3ccccc3C)NC(=O)O)CC2)c2ccccc21. The molecule has 2 amide bonds. The van der Waals surface area contributed by atoms with E-state index in [1.165, 1.54) is 4.57 Å². The van der Waals surface area contributed by atoms with Crippen molar-refractivity contribution >= 4 is 23.2 Å². The van der Waals surface area contributed by atoms with Gasteiger partial charge in [-0.25, -0.2) is 19.0 Å². The zero-order chi connectivity index (χ0) is 26.4. The van der Waals surface area contributed by atoms with Crippen molar-refractivity contribution in [3.8, 4) is 5.75 Å². The van der Waals surface area contributed by atoms with Crippen molar-refractivity contribution < 1.29 is 19.4 Å². The fourth-order valence-corrected chi connectivity index (χ4v) is 4.93. The van der Waals surface area contributed by atoms with Gasteiger partial charge in [-0.3, -0.25) is 4.57 Å². The molecule has 4 rings (SSSR count). The average molecular weight is 510 g/mol. The van der Waals surface area contributed by atoms with Gasteiger partial charge >= 0.3 is 17.8 Å². The predicted octanol–water partition coefficient (Wildman–Crippen LogP) is 3.12. The van der Waals surface area contributed by atoms with Gasteiger partial charge in [0.15, 0.2) is 0 Å². The Hall–Kier alpha value is -3.79. The number of aromatic nitrogens is 2. The number of aryl methyl sites for hydroxylation is 2. The second-order valence-corrected chi connectivity index (χ2v) is 9.50. The molecule has 1 saturated heterocycles. The molecule has 2 heterocycles. The largest absolute Gasteiger partial charge is 0.491 e. The number of nitrogens with zero attached hydrogens (tertiary/aromatic N) is 3. The molecule has 10 heteroatoms. The first-order valence-electron chi connectivity index (χ1n) is 12.8. The van der Waals surface area contributed by atoms with Crippen molar-refractivity contribution in [2.75, 3.05) is 32.8 Å². The monoisotopic (exact) mass is 509 g/mol. The number of imidazole rings is 1. The summed E-state index contributed by atoms with van der Waals surface area (Å²) in [6.45, 7) is 7.18. The molecule has 1 atom stereocenters. The van der Waals surface area contributed by atoms with Gasteiger partial charge in [0.25, 0.3) is 0 Å². The van der Waals surface area contributed by atoms with Crippen LogP contribution in [0.1, 0.15) is 25.3 Å². The van der Waals surface area contributed by atoms with Crippen LogP contribution in [0.5, 0.6) is 5.75 Å². The smallest absolute Gasteiger partial charge is 0.405 e. The maximum absolute atomic E-state index is 12.9. The number of amides is 2. The Morgan fingerprint density at radius 3 is 2.43 bits per heavy atom. The number of nitrogens with one attached hydrogen (secondary N) is 2. The van der Waals surface area contributed by atoms with Crippen LogP contribution in [-0.4, -0.2) is 70.1 Å². The van der Waals surface area contributed by atoms with Crippen LogP contribution in [0.15, 0.2) is 53.3 Å². The second-order valence-electron chi connectivity index (χ2n) is 9.50. The van der Waals surface area contributed by atoms with Crippen LogP contribution in [0.4, 0.5) is 9.59 Å². The van der Waals surface area contributed by atoms with Crippen molar-refractivity contribution in [3.63, 3.8) is 0 Å². The molecule has 37 heavy (non-hydrogen) atoms. The van der Waals surface area contributed by atoms with E-state index in [0.717, 1.165) is 42.8 Å². The number of ether oxygens (including phenoxy) is 1. The number of fused-ring (bicyclic) bond motifs is 1. The van der Waals surface area contributed by atoms with Crippen molar-refractivity contribution in [2.45, 2.75) is 39.3 Å². The third-order valence-corrected chi connectivity index (χ3v) is 6.94. The van der Waals surface area contributed by atoms with E-state index in [2.05, 4.69) is 15.5 Å². The summed E-state index contributed by atoms with van der Waals surface area (Å²) >= 11 is 0. The molecule has 0 radical (unpaired) electrons. The van der Waals surface area contributed by atoms with Crippen molar-refractivity contribution in [1.82, 2.24) is 24.7 Å². The van der Waals surface area contributed by atoms with E-state index in [-0.39, 0.29) is 24.3 Å². The first-order chi connectivity index (χ1) is 17.9. The van der Waals surface area contributed by atoms with Crippen LogP contribution in [0, 0.1) is 12.8 Å². The van der Waals surface area contributed by atoms with E-state index >= 15 is 0 Å². The molecule has 1 aliphatic rings. The number of rotatable bonds is 9. The number of benzene rings is 2. The molecule has 0 saturated carbocycles. The summed E-state index contributed by atoms with van der Waals surface area (Å²) in [5, 5.41) is 14.8. The maximum Gasteiger partial charge on any atom is 0.405 e. The predicted molar refractivity (Wildman–Crippen MR) is 141 cm³/mol. The highest BCUT2D eigenvalue weighted by molar-refractivity contribution is 5.89. The summed E-state index contributed by atoms with van der Waals surface area (Å²) in [5.41, 5.74) is 2.02. The number of carbonyl (C=O) groups is 2. The number of likely N-dealkylation sites (tertiary alicyclic amines) is 1. The summed E-state index contributed by atoms with van der Waals surface area (Å²) in [6, 6.07) is 14.2. The van der Waals surface area contributed by atoms with E-state index in [0.29, 0.717) is 25.2 Å². The summed E-state index contributed by atoms with van der Waals surface area (Å²) in [6.07, 6.45) is 0.657. The summed E-state index contributed by atoms with van der Waals surface area (Å²) in [5.74, 6) is 1.03. The summed E-state index contributed by atoms with van der Waals surface area (Å²) < 4.78 is 8.70. The van der Waals surface area contributed by atoms with E-state index in [1.807, 2.05) is 56.3 Å². The number of para-hydroxylation sites is 3. The number of carbonyl (C=O) groups excluding carboxylic acids is 1. The fourth-order valence-electron chi connectivity index (χ4n) is 4.93. The van der Waals surface area contributed by atoms with E-state index in [1.54, 1.807) is 10.6 Å². The Morgan fingerprint density at radius 1 is 1.08 bits per heavy atom. The topological polar surface area (TPSA) is 118 Å². The lowest BCUT2D eigenvalue weighted by Crippen LogP contribution is -2.49. The molecular formula is C27H35N5O5. The van der Waals surface area contributed by atoms with Gasteiger partial charge in [-0.2, -0.15) is 0 Å². The molecule has 1 unspecified atom stereocenters. The molecule has 1 aliphatic heterocycles. The normalized spacial score (nSPS) is 15.4. The van der Waals surface area contributed by atoms with Crippen LogP contribution in [0.2, 0.25) is 0 Å². The minimum Gasteiger partial charge on any atom is -0.491 e. The van der Waals surface area contributed by atoms with Crippen LogP contribution in [0.3, 0.4) is 0 Å². The third kappa shape index (κ3) is 6.32. The minimum atomic E-state index is -1.07. The van der Waals surface area contributed by atoms with Gasteiger partial charge in [0.1, 0.15) is 12.4 Å². The Bertz CT molecular complexity index is 1290. The highest BCUT2D eigenvalue weighted by atomic mass is 16.5. The highest BCUT2D eigenvalue weighted by Crippen LogP contribution is 2.19. The molecule has 0 bridgehead atoms. The van der Waals surface area contributed by atoms with E-state index in [4.69, 9.17) is 4.74 Å². The zero-order valence-electron chi connectivity index (χ0n) is 21.4. The molecule has 1 fully saturated rings. The lowest BCUT2D eigenvalue weighted by atomic mass is 9.96. The van der Waals surface area contributed by atoms with Crippen molar-refractivity contribution in [1.29, 1.82) is 0 Å². The molecular weight excluding hydrogens is 474 g/mol. The molecule has 2 aromatic carbocycles. The molecule has 198 valence electrons. The summed E-state index contributed by atoms with van der Waals surface area (Å²) in [4.78, 5) is 39.3. The average Bonchev–Trinajstić information content (AvgIpc) is 3.18. The quantitative estimate of drug-likeness (QED) is 0.408. The molecule has 0 aliphatic carbocycles. The van der Waals surface area contributed by atoms with E-state index < -0.39 is 12.1 Å². The lowest BCUT2D eigenvalue weighted by Gasteiger charge is -2.34. The Kier molecular flexibility index (Phi) is 8.50. The second kappa shape index (κ2) is 12.0.